The van der Waals surface area contributed by atoms with Gasteiger partial charge in [0.2, 0.25) is 0 Å². The summed E-state index contributed by atoms with van der Waals surface area (Å²) in [5.41, 5.74) is 0.832. The van der Waals surface area contributed by atoms with Crippen LogP contribution in [-0.4, -0.2) is 48.5 Å². The van der Waals surface area contributed by atoms with Crippen LogP contribution in [0.4, 0.5) is 5.82 Å². The molecule has 3 heterocycles. The van der Waals surface area contributed by atoms with Crippen LogP contribution >= 0.6 is 0 Å². The first-order valence-corrected chi connectivity index (χ1v) is 7.06. The summed E-state index contributed by atoms with van der Waals surface area (Å²) < 4.78 is 5.41. The van der Waals surface area contributed by atoms with Gasteiger partial charge in [-0.15, -0.1) is 0 Å². The van der Waals surface area contributed by atoms with E-state index in [2.05, 4.69) is 20.9 Å². The number of hydrogen-bond donors (Lipinski definition) is 2. The van der Waals surface area contributed by atoms with Gasteiger partial charge in [-0.3, -0.25) is 0 Å². The first-order chi connectivity index (χ1) is 9.72. The topological polar surface area (TPSA) is 61.4 Å². The molecule has 1 aliphatic rings. The van der Waals surface area contributed by atoms with E-state index in [1.807, 2.05) is 25.4 Å². The van der Waals surface area contributed by atoms with Crippen molar-refractivity contribution in [1.82, 2.24) is 9.97 Å². The number of pyridine rings is 1. The van der Waals surface area contributed by atoms with Crippen molar-refractivity contribution in [2.24, 2.45) is 5.41 Å². The molecule has 0 saturated carbocycles. The SMILES string of the molecule is CN(CC1(CO)CCOCC1)c1ccc2cc[nH]c2n1. The van der Waals surface area contributed by atoms with E-state index >= 15 is 0 Å². The molecule has 2 N–H and O–H groups in total. The molecule has 0 amide bonds. The highest BCUT2D eigenvalue weighted by atomic mass is 16.5. The van der Waals surface area contributed by atoms with Crippen molar-refractivity contribution in [3.8, 4) is 0 Å². The molecule has 3 rings (SSSR count). The Bertz CT molecular complexity index is 575. The van der Waals surface area contributed by atoms with E-state index < -0.39 is 0 Å². The summed E-state index contributed by atoms with van der Waals surface area (Å²) >= 11 is 0. The van der Waals surface area contributed by atoms with Gasteiger partial charge in [-0.2, -0.15) is 0 Å². The Balaban J connectivity index is 1.78. The van der Waals surface area contributed by atoms with Crippen molar-refractivity contribution in [2.45, 2.75) is 12.8 Å². The second-order valence-corrected chi connectivity index (χ2v) is 5.71. The highest BCUT2D eigenvalue weighted by molar-refractivity contribution is 5.77. The van der Waals surface area contributed by atoms with Gasteiger partial charge in [0.15, 0.2) is 0 Å². The molecule has 1 aliphatic heterocycles. The quantitative estimate of drug-likeness (QED) is 0.893. The van der Waals surface area contributed by atoms with E-state index in [0.29, 0.717) is 0 Å². The second kappa shape index (κ2) is 5.42. The Morgan fingerprint density at radius 3 is 2.90 bits per heavy atom. The average Bonchev–Trinajstić information content (AvgIpc) is 2.95. The number of aliphatic hydroxyl groups is 1. The Kier molecular flexibility index (Phi) is 3.63. The number of aliphatic hydroxyl groups excluding tert-OH is 1. The van der Waals surface area contributed by atoms with Crippen LogP contribution in [0.1, 0.15) is 12.8 Å². The van der Waals surface area contributed by atoms with Gasteiger partial charge in [-0.05, 0) is 31.0 Å². The third kappa shape index (κ3) is 2.51. The van der Waals surface area contributed by atoms with Gasteiger partial charge in [0, 0.05) is 43.8 Å². The van der Waals surface area contributed by atoms with Gasteiger partial charge in [0.1, 0.15) is 11.5 Å². The maximum atomic E-state index is 9.77. The standard InChI is InChI=1S/C15H21N3O2/c1-18(10-15(11-19)5-8-20-9-6-15)13-3-2-12-4-7-16-14(12)17-13/h2-4,7,19H,5-6,8-11H2,1H3,(H,16,17). The van der Waals surface area contributed by atoms with Crippen LogP contribution in [0.25, 0.3) is 11.0 Å². The fourth-order valence-electron chi connectivity index (χ4n) is 2.89. The zero-order chi connectivity index (χ0) is 14.0. The molecule has 0 radical (unpaired) electrons. The van der Waals surface area contributed by atoms with Gasteiger partial charge in [0.05, 0.1) is 6.61 Å². The number of aromatic amines is 1. The highest BCUT2D eigenvalue weighted by Gasteiger charge is 2.33. The molecule has 2 aromatic heterocycles. The summed E-state index contributed by atoms with van der Waals surface area (Å²) in [5, 5.41) is 10.9. The lowest BCUT2D eigenvalue weighted by Crippen LogP contribution is -2.43. The fourth-order valence-corrected chi connectivity index (χ4v) is 2.89. The molecule has 0 unspecified atom stereocenters. The zero-order valence-electron chi connectivity index (χ0n) is 11.8. The lowest BCUT2D eigenvalue weighted by molar-refractivity contribution is -0.0113. The number of H-pyrrole nitrogens is 1. The van der Waals surface area contributed by atoms with E-state index in [1.165, 1.54) is 0 Å². The van der Waals surface area contributed by atoms with Crippen LogP contribution in [0.3, 0.4) is 0 Å². The van der Waals surface area contributed by atoms with Crippen LogP contribution in [0.15, 0.2) is 24.4 Å². The predicted octanol–water partition coefficient (Wildman–Crippen LogP) is 1.79. The lowest BCUT2D eigenvalue weighted by atomic mass is 9.80. The predicted molar refractivity (Wildman–Crippen MR) is 78.9 cm³/mol. The number of nitrogens with one attached hydrogen (secondary N) is 1. The first-order valence-electron chi connectivity index (χ1n) is 7.06. The van der Waals surface area contributed by atoms with Crippen LogP contribution in [0.2, 0.25) is 0 Å². The number of rotatable bonds is 4. The summed E-state index contributed by atoms with van der Waals surface area (Å²) in [7, 11) is 2.03. The minimum absolute atomic E-state index is 0.0701. The number of fused-ring (bicyclic) bond motifs is 1. The molecule has 0 bridgehead atoms. The normalized spacial score (nSPS) is 18.3. The molecule has 5 heteroatoms. The summed E-state index contributed by atoms with van der Waals surface area (Å²) in [6, 6.07) is 6.11. The van der Waals surface area contributed by atoms with Gasteiger partial charge < -0.3 is 19.7 Å². The molecule has 1 saturated heterocycles. The molecule has 0 atom stereocenters. The highest BCUT2D eigenvalue weighted by Crippen LogP contribution is 2.32. The number of aromatic nitrogens is 2. The van der Waals surface area contributed by atoms with E-state index in [9.17, 15) is 5.11 Å². The molecule has 5 nitrogen and oxygen atoms in total. The van der Waals surface area contributed by atoms with Crippen LogP contribution in [-0.2, 0) is 4.74 Å². The van der Waals surface area contributed by atoms with E-state index in [1.54, 1.807) is 0 Å². The summed E-state index contributed by atoms with van der Waals surface area (Å²) in [5.74, 6) is 0.930. The molecule has 0 spiro atoms. The average molecular weight is 275 g/mol. The van der Waals surface area contributed by atoms with Crippen LogP contribution in [0, 0.1) is 5.41 Å². The fraction of sp³-hybridized carbons (Fsp3) is 0.533. The third-order valence-electron chi connectivity index (χ3n) is 4.25. The summed E-state index contributed by atoms with van der Waals surface area (Å²) in [6.07, 6.45) is 3.70. The van der Waals surface area contributed by atoms with Crippen molar-refractivity contribution in [3.05, 3.63) is 24.4 Å². The second-order valence-electron chi connectivity index (χ2n) is 5.71. The minimum atomic E-state index is -0.0701. The van der Waals surface area contributed by atoms with E-state index in [0.717, 1.165) is 49.5 Å². The summed E-state index contributed by atoms with van der Waals surface area (Å²) in [6.45, 7) is 2.46. The largest absolute Gasteiger partial charge is 0.396 e. The van der Waals surface area contributed by atoms with Gasteiger partial charge >= 0.3 is 0 Å². The number of nitrogens with zero attached hydrogens (tertiary/aromatic N) is 2. The Labute approximate surface area is 118 Å². The molecule has 1 fully saturated rings. The minimum Gasteiger partial charge on any atom is -0.396 e. The molecular weight excluding hydrogens is 254 g/mol. The van der Waals surface area contributed by atoms with Crippen molar-refractivity contribution >= 4 is 16.9 Å². The monoisotopic (exact) mass is 275 g/mol. The van der Waals surface area contributed by atoms with Crippen molar-refractivity contribution in [1.29, 1.82) is 0 Å². The van der Waals surface area contributed by atoms with Gasteiger partial charge in [-0.1, -0.05) is 0 Å². The molecule has 20 heavy (non-hydrogen) atoms. The summed E-state index contributed by atoms with van der Waals surface area (Å²) in [4.78, 5) is 9.89. The molecular formula is C15H21N3O2. The Morgan fingerprint density at radius 2 is 2.15 bits per heavy atom. The number of ether oxygens (including phenoxy) is 1. The van der Waals surface area contributed by atoms with Gasteiger partial charge in [0.25, 0.3) is 0 Å². The Morgan fingerprint density at radius 1 is 1.35 bits per heavy atom. The molecule has 108 valence electrons. The molecule has 0 aromatic carbocycles. The van der Waals surface area contributed by atoms with Gasteiger partial charge in [-0.25, -0.2) is 4.98 Å². The first kappa shape index (κ1) is 13.4. The maximum Gasteiger partial charge on any atom is 0.139 e. The van der Waals surface area contributed by atoms with Crippen LogP contribution in [0.5, 0.6) is 0 Å². The number of hydrogen-bond acceptors (Lipinski definition) is 4. The molecule has 0 aliphatic carbocycles. The number of anilines is 1. The molecule has 2 aromatic rings. The maximum absolute atomic E-state index is 9.77. The Hall–Kier alpha value is -1.59. The third-order valence-corrected chi connectivity index (χ3v) is 4.25. The van der Waals surface area contributed by atoms with E-state index in [4.69, 9.17) is 4.74 Å². The lowest BCUT2D eigenvalue weighted by Gasteiger charge is -2.38. The van der Waals surface area contributed by atoms with Crippen molar-refractivity contribution in [2.75, 3.05) is 38.3 Å². The van der Waals surface area contributed by atoms with Crippen LogP contribution < -0.4 is 4.90 Å². The smallest absolute Gasteiger partial charge is 0.139 e. The van der Waals surface area contributed by atoms with E-state index in [-0.39, 0.29) is 12.0 Å². The zero-order valence-corrected chi connectivity index (χ0v) is 11.8. The van der Waals surface area contributed by atoms with Crippen molar-refractivity contribution in [3.63, 3.8) is 0 Å². The van der Waals surface area contributed by atoms with Crippen molar-refractivity contribution < 1.29 is 9.84 Å².